The molecular weight excluding hydrogens is 516 g/mol. The molecule has 1 aliphatic heterocycles. The number of esters is 1. The summed E-state index contributed by atoms with van der Waals surface area (Å²) >= 11 is 0. The normalized spacial score (nSPS) is 22.6. The maximum atomic E-state index is 14.1. The van der Waals surface area contributed by atoms with E-state index in [0.717, 1.165) is 39.8 Å². The molecule has 3 aromatic carbocycles. The van der Waals surface area contributed by atoms with Crippen LogP contribution in [0.15, 0.2) is 66.7 Å². The predicted molar refractivity (Wildman–Crippen MR) is 154 cm³/mol. The summed E-state index contributed by atoms with van der Waals surface area (Å²) in [6.45, 7) is 5.42. The van der Waals surface area contributed by atoms with E-state index in [1.807, 2.05) is 57.2 Å². The van der Waals surface area contributed by atoms with Gasteiger partial charge in [0.25, 0.3) is 5.91 Å². The smallest absolute Gasteiger partial charge is 0.329 e. The first-order valence-electron chi connectivity index (χ1n) is 14.4. The molecule has 0 unspecified atom stereocenters. The number of hydrogen-bond donors (Lipinski definition) is 1. The molecule has 2 bridgehead atoms. The zero-order valence-corrected chi connectivity index (χ0v) is 23.6. The van der Waals surface area contributed by atoms with Crippen LogP contribution < -0.4 is 5.32 Å². The number of rotatable bonds is 8. The highest BCUT2D eigenvalue weighted by Gasteiger charge is 2.63. The minimum atomic E-state index is -1.07. The summed E-state index contributed by atoms with van der Waals surface area (Å²) in [6, 6.07) is 20.6. The molecule has 0 saturated carbocycles. The lowest BCUT2D eigenvalue weighted by atomic mass is 9.55. The van der Waals surface area contributed by atoms with Gasteiger partial charge in [-0.25, -0.2) is 4.79 Å². The van der Waals surface area contributed by atoms with E-state index >= 15 is 0 Å². The van der Waals surface area contributed by atoms with E-state index in [1.54, 1.807) is 6.07 Å². The number of anilines is 1. The van der Waals surface area contributed by atoms with Crippen molar-refractivity contribution in [3.8, 4) is 0 Å². The lowest BCUT2D eigenvalue weighted by Gasteiger charge is -2.45. The monoisotopic (exact) mass is 550 g/mol. The summed E-state index contributed by atoms with van der Waals surface area (Å²) in [5.41, 5.74) is 7.07. The SMILES string of the molecule is CCCC[C@H](C(=O)OCC(=O)Nc1ccc(C)c(C)c1)N1C(=O)[C@H]2C3c4ccccc4C(c4ccccc43)[C@@H]2C1=O. The molecule has 3 aromatic rings. The fraction of sp³-hybridized carbons (Fsp3) is 0.353. The number of benzene rings is 3. The van der Waals surface area contributed by atoms with Crippen molar-refractivity contribution in [1.29, 1.82) is 0 Å². The standard InChI is InChI=1S/C34H34N2O5/c1-4-5-14-26(34(40)41-18-27(37)35-21-16-15-19(2)20(3)17-21)36-32(38)30-28-22-10-6-7-11-23(22)29(31(30)33(36)39)25-13-9-8-12-24(25)28/h6-13,15-17,26,28-31H,4-5,14,18H2,1-3H3,(H,35,37)/t26-,28?,29?,30+,31+/m1/s1. The lowest BCUT2D eigenvalue weighted by molar-refractivity contribution is -0.160. The number of hydrogen-bond acceptors (Lipinski definition) is 5. The summed E-state index contributed by atoms with van der Waals surface area (Å²) in [5.74, 6) is -3.47. The van der Waals surface area contributed by atoms with Crippen LogP contribution in [-0.4, -0.2) is 41.2 Å². The summed E-state index contributed by atoms with van der Waals surface area (Å²) < 4.78 is 5.45. The molecular formula is C34H34N2O5. The molecule has 3 atom stereocenters. The maximum Gasteiger partial charge on any atom is 0.329 e. The van der Waals surface area contributed by atoms with Crippen molar-refractivity contribution in [2.45, 2.75) is 57.9 Å². The molecule has 0 radical (unpaired) electrons. The average Bonchev–Trinajstić information content (AvgIpc) is 3.24. The molecule has 1 fully saturated rings. The van der Waals surface area contributed by atoms with E-state index in [0.29, 0.717) is 18.5 Å². The van der Waals surface area contributed by atoms with Crippen molar-refractivity contribution in [3.63, 3.8) is 0 Å². The minimum absolute atomic E-state index is 0.245. The van der Waals surface area contributed by atoms with Crippen LogP contribution in [0, 0.1) is 25.7 Å². The van der Waals surface area contributed by atoms with E-state index < -0.39 is 36.4 Å². The zero-order valence-electron chi connectivity index (χ0n) is 23.6. The fourth-order valence-corrected chi connectivity index (χ4v) is 7.01. The second-order valence-corrected chi connectivity index (χ2v) is 11.4. The van der Waals surface area contributed by atoms with Crippen molar-refractivity contribution in [2.24, 2.45) is 11.8 Å². The highest BCUT2D eigenvalue weighted by atomic mass is 16.5. The Morgan fingerprint density at radius 2 is 1.37 bits per heavy atom. The van der Waals surface area contributed by atoms with Crippen LogP contribution in [0.2, 0.25) is 0 Å². The van der Waals surface area contributed by atoms with Crippen LogP contribution in [0.5, 0.6) is 0 Å². The Bertz CT molecular complexity index is 1450. The van der Waals surface area contributed by atoms with E-state index in [-0.39, 0.29) is 23.7 Å². The Hall–Kier alpha value is -4.26. The number of likely N-dealkylation sites (tertiary alicyclic amines) is 1. The summed E-state index contributed by atoms with van der Waals surface area (Å²) in [5, 5.41) is 2.75. The maximum absolute atomic E-state index is 14.1. The molecule has 0 aromatic heterocycles. The Balaban J connectivity index is 1.25. The highest BCUT2D eigenvalue weighted by molar-refractivity contribution is 6.10. The van der Waals surface area contributed by atoms with Gasteiger partial charge in [0.15, 0.2) is 6.61 Å². The molecule has 1 N–H and O–H groups in total. The average molecular weight is 551 g/mol. The van der Waals surface area contributed by atoms with Crippen LogP contribution >= 0.6 is 0 Å². The van der Waals surface area contributed by atoms with E-state index in [2.05, 4.69) is 29.6 Å². The number of unbranched alkanes of at least 4 members (excludes halogenated alkanes) is 1. The number of carbonyl (C=O) groups is 4. The van der Waals surface area contributed by atoms with Gasteiger partial charge in [0, 0.05) is 17.5 Å². The van der Waals surface area contributed by atoms with Crippen LogP contribution in [-0.2, 0) is 23.9 Å². The van der Waals surface area contributed by atoms with Gasteiger partial charge in [-0.2, -0.15) is 0 Å². The Morgan fingerprint density at radius 3 is 1.85 bits per heavy atom. The molecule has 3 aliphatic carbocycles. The number of imide groups is 1. The van der Waals surface area contributed by atoms with Gasteiger partial charge in [-0.1, -0.05) is 74.4 Å². The molecule has 4 aliphatic rings. The van der Waals surface area contributed by atoms with Crippen molar-refractivity contribution < 1.29 is 23.9 Å². The summed E-state index contributed by atoms with van der Waals surface area (Å²) in [4.78, 5) is 55.5. The van der Waals surface area contributed by atoms with Crippen molar-refractivity contribution in [2.75, 3.05) is 11.9 Å². The highest BCUT2D eigenvalue weighted by Crippen LogP contribution is 2.61. The van der Waals surface area contributed by atoms with Gasteiger partial charge in [-0.05, 0) is 65.8 Å². The molecule has 0 spiro atoms. The van der Waals surface area contributed by atoms with E-state index in [1.165, 1.54) is 4.90 Å². The van der Waals surface area contributed by atoms with Crippen LogP contribution in [0.25, 0.3) is 0 Å². The predicted octanol–water partition coefficient (Wildman–Crippen LogP) is 5.24. The molecule has 1 saturated heterocycles. The second-order valence-electron chi connectivity index (χ2n) is 11.4. The van der Waals surface area contributed by atoms with E-state index in [4.69, 9.17) is 4.74 Å². The molecule has 1 heterocycles. The third-order valence-electron chi connectivity index (χ3n) is 9.03. The van der Waals surface area contributed by atoms with Gasteiger partial charge in [0.1, 0.15) is 6.04 Å². The molecule has 3 amide bonds. The molecule has 7 rings (SSSR count). The first-order valence-corrected chi connectivity index (χ1v) is 14.4. The molecule has 7 nitrogen and oxygen atoms in total. The van der Waals surface area contributed by atoms with Gasteiger partial charge in [-0.3, -0.25) is 19.3 Å². The third-order valence-corrected chi connectivity index (χ3v) is 9.03. The topological polar surface area (TPSA) is 92.8 Å². The van der Waals surface area contributed by atoms with Crippen LogP contribution in [0.3, 0.4) is 0 Å². The largest absolute Gasteiger partial charge is 0.454 e. The van der Waals surface area contributed by atoms with Crippen molar-refractivity contribution >= 4 is 29.4 Å². The molecule has 41 heavy (non-hydrogen) atoms. The third kappa shape index (κ3) is 4.44. The van der Waals surface area contributed by atoms with Gasteiger partial charge in [-0.15, -0.1) is 0 Å². The van der Waals surface area contributed by atoms with E-state index in [9.17, 15) is 19.2 Å². The Kier molecular flexibility index (Phi) is 6.98. The Morgan fingerprint density at radius 1 is 0.829 bits per heavy atom. The van der Waals surface area contributed by atoms with Gasteiger partial charge in [0.05, 0.1) is 11.8 Å². The number of nitrogens with one attached hydrogen (secondary N) is 1. The lowest BCUT2D eigenvalue weighted by Crippen LogP contribution is -2.47. The second kappa shape index (κ2) is 10.6. The first kappa shape index (κ1) is 26.9. The first-order chi connectivity index (χ1) is 19.8. The van der Waals surface area contributed by atoms with Crippen LogP contribution in [0.4, 0.5) is 5.69 Å². The number of amides is 3. The summed E-state index contributed by atoms with van der Waals surface area (Å²) in [6.07, 6.45) is 1.71. The van der Waals surface area contributed by atoms with Gasteiger partial charge < -0.3 is 10.1 Å². The quantitative estimate of drug-likeness (QED) is 0.306. The minimum Gasteiger partial charge on any atom is -0.454 e. The van der Waals surface area contributed by atoms with Crippen molar-refractivity contribution in [1.82, 2.24) is 4.90 Å². The Labute approximate surface area is 239 Å². The number of aryl methyl sites for hydroxylation is 2. The summed E-state index contributed by atoms with van der Waals surface area (Å²) in [7, 11) is 0. The fourth-order valence-electron chi connectivity index (χ4n) is 7.01. The van der Waals surface area contributed by atoms with Crippen LogP contribution in [0.1, 0.15) is 71.4 Å². The number of carbonyl (C=O) groups excluding carboxylic acids is 4. The number of ether oxygens (including phenoxy) is 1. The molecule has 7 heteroatoms. The van der Waals surface area contributed by atoms with Gasteiger partial charge in [0.2, 0.25) is 11.8 Å². The van der Waals surface area contributed by atoms with Gasteiger partial charge >= 0.3 is 5.97 Å². The van der Waals surface area contributed by atoms with Crippen molar-refractivity contribution in [3.05, 3.63) is 100 Å². The zero-order chi connectivity index (χ0) is 28.8. The molecule has 210 valence electrons. The number of nitrogens with zero attached hydrogens (tertiary/aromatic N) is 1.